The molecule has 4 aromatic rings. The van der Waals surface area contributed by atoms with E-state index in [4.69, 9.17) is 14.2 Å². The van der Waals surface area contributed by atoms with E-state index in [-0.39, 0.29) is 30.9 Å². The summed E-state index contributed by atoms with van der Waals surface area (Å²) in [6, 6.07) is 21.1. The molecule has 4 heterocycles. The lowest BCUT2D eigenvalue weighted by molar-refractivity contribution is -0.123. The third-order valence-electron chi connectivity index (χ3n) is 8.01. The largest absolute Gasteiger partial charge is 0.496 e. The van der Waals surface area contributed by atoms with Crippen LogP contribution in [0.4, 0.5) is 0 Å². The second-order valence-electron chi connectivity index (χ2n) is 11.0. The summed E-state index contributed by atoms with van der Waals surface area (Å²) in [6.07, 6.45) is 1.89. The second kappa shape index (κ2) is 13.1. The first-order valence-electron chi connectivity index (χ1n) is 15.0. The van der Waals surface area contributed by atoms with Crippen LogP contribution in [0.25, 0.3) is 11.1 Å². The summed E-state index contributed by atoms with van der Waals surface area (Å²) < 4.78 is 19.5. The van der Waals surface area contributed by atoms with Crippen LogP contribution in [0, 0.1) is 0 Å². The number of carbonyl (C=O) groups excluding carboxylic acids is 3. The molecule has 0 radical (unpaired) electrons. The topological polar surface area (TPSA) is 124 Å². The highest BCUT2D eigenvalue weighted by Gasteiger charge is 2.35. The lowest BCUT2D eigenvalue weighted by Gasteiger charge is -2.38. The Morgan fingerprint density at radius 3 is 2.64 bits per heavy atom. The van der Waals surface area contributed by atoms with Crippen molar-refractivity contribution in [3.63, 3.8) is 0 Å². The van der Waals surface area contributed by atoms with Gasteiger partial charge in [0.15, 0.2) is 6.61 Å². The van der Waals surface area contributed by atoms with Crippen LogP contribution >= 0.6 is 0 Å². The number of rotatable bonds is 3. The summed E-state index contributed by atoms with van der Waals surface area (Å²) in [5.74, 6) is 0.955. The smallest absolute Gasteiger partial charge is 0.274 e. The molecule has 7 rings (SSSR count). The third-order valence-corrected chi connectivity index (χ3v) is 8.01. The van der Waals surface area contributed by atoms with Crippen LogP contribution in [0.2, 0.25) is 0 Å². The number of aromatic nitrogens is 2. The number of hydrogen-bond acceptors (Lipinski definition) is 7. The van der Waals surface area contributed by atoms with Gasteiger partial charge in [-0.3, -0.25) is 19.1 Å². The minimum Gasteiger partial charge on any atom is -0.496 e. The third kappa shape index (κ3) is 6.77. The molecule has 0 aliphatic carbocycles. The zero-order valence-electron chi connectivity index (χ0n) is 25.2. The highest BCUT2D eigenvalue weighted by molar-refractivity contribution is 5.97. The molecular formula is C34H35N5O6. The highest BCUT2D eigenvalue weighted by Crippen LogP contribution is 2.33. The predicted octanol–water partition coefficient (Wildman–Crippen LogP) is 3.68. The van der Waals surface area contributed by atoms with Gasteiger partial charge >= 0.3 is 0 Å². The second-order valence-corrected chi connectivity index (χ2v) is 11.0. The van der Waals surface area contributed by atoms with E-state index in [1.54, 1.807) is 59.3 Å². The normalized spacial score (nSPS) is 18.5. The molecule has 2 N–H and O–H groups in total. The highest BCUT2D eigenvalue weighted by atomic mass is 16.5. The Kier molecular flexibility index (Phi) is 8.68. The average molecular weight is 610 g/mol. The van der Waals surface area contributed by atoms with Gasteiger partial charge in [0.2, 0.25) is 0 Å². The number of nitrogens with zero attached hydrogens (tertiary/aromatic N) is 3. The molecule has 3 aromatic carbocycles. The molecule has 2 atom stereocenters. The Labute approximate surface area is 261 Å². The number of carbonyl (C=O) groups is 3. The minimum atomic E-state index is -0.504. The molecule has 1 aromatic heterocycles. The van der Waals surface area contributed by atoms with Gasteiger partial charge in [-0.15, -0.1) is 0 Å². The van der Waals surface area contributed by atoms with E-state index in [2.05, 4.69) is 15.7 Å². The maximum Gasteiger partial charge on any atom is 0.274 e. The molecule has 1 saturated heterocycles. The van der Waals surface area contributed by atoms with Gasteiger partial charge in [-0.1, -0.05) is 24.3 Å². The number of benzene rings is 3. The standard InChI is InChI=1S/C34H35N5O6/c1-3-39-16-13-28(37-39)34(42)38-15-14-31-29(20-38)36-33(41)24-9-12-30(43-2)27(18-24)23-5-4-6-26(17-23)44-21-32(40)35-19-22-7-10-25(45-31)11-8-22/h4-13,16-18,29,31H,3,14-15,19-21H2,1-2H3,(H,35,40)(H,36,41)/t29-,31-/m1/s1. The number of piperidine rings is 1. The molecule has 3 amide bonds. The molecule has 45 heavy (non-hydrogen) atoms. The van der Waals surface area contributed by atoms with Crippen molar-refractivity contribution >= 4 is 17.7 Å². The molecule has 0 saturated carbocycles. The number of methoxy groups -OCH3 is 1. The van der Waals surface area contributed by atoms with Gasteiger partial charge in [0.1, 0.15) is 29.0 Å². The number of likely N-dealkylation sites (tertiary alicyclic amines) is 1. The van der Waals surface area contributed by atoms with Crippen LogP contribution in [0.3, 0.4) is 0 Å². The van der Waals surface area contributed by atoms with E-state index in [9.17, 15) is 14.4 Å². The zero-order valence-corrected chi connectivity index (χ0v) is 25.2. The van der Waals surface area contributed by atoms with Crippen LogP contribution in [-0.2, 0) is 17.9 Å². The first-order chi connectivity index (χ1) is 21.9. The summed E-state index contributed by atoms with van der Waals surface area (Å²) in [5, 5.41) is 10.4. The first-order valence-corrected chi connectivity index (χ1v) is 15.0. The Bertz CT molecular complexity index is 1700. The van der Waals surface area contributed by atoms with E-state index < -0.39 is 12.1 Å². The number of hydrogen-bond donors (Lipinski definition) is 2. The molecule has 0 spiro atoms. The van der Waals surface area contributed by atoms with Crippen molar-refractivity contribution in [2.24, 2.45) is 0 Å². The fourth-order valence-corrected chi connectivity index (χ4v) is 5.55. The van der Waals surface area contributed by atoms with Gasteiger partial charge in [-0.05, 0) is 66.6 Å². The molecular weight excluding hydrogens is 574 g/mol. The first kappa shape index (κ1) is 29.7. The van der Waals surface area contributed by atoms with E-state index in [0.29, 0.717) is 60.1 Å². The molecule has 3 aliphatic rings. The van der Waals surface area contributed by atoms with Crippen molar-refractivity contribution in [3.05, 3.63) is 95.8 Å². The zero-order chi connectivity index (χ0) is 31.3. The fourth-order valence-electron chi connectivity index (χ4n) is 5.55. The molecule has 11 heteroatoms. The van der Waals surface area contributed by atoms with Crippen LogP contribution in [0.1, 0.15) is 39.8 Å². The minimum absolute atomic E-state index is 0.146. The molecule has 0 unspecified atom stereocenters. The van der Waals surface area contributed by atoms with Gasteiger partial charge in [-0.2, -0.15) is 5.10 Å². The maximum absolute atomic E-state index is 13.8. The molecule has 11 nitrogen and oxygen atoms in total. The van der Waals surface area contributed by atoms with Gasteiger partial charge < -0.3 is 29.7 Å². The number of amides is 3. The maximum atomic E-state index is 13.8. The van der Waals surface area contributed by atoms with Crippen LogP contribution in [0.15, 0.2) is 79.0 Å². The van der Waals surface area contributed by atoms with Crippen LogP contribution < -0.4 is 24.8 Å². The summed E-state index contributed by atoms with van der Waals surface area (Å²) >= 11 is 0. The lowest BCUT2D eigenvalue weighted by Crippen LogP contribution is -2.58. The molecule has 1 fully saturated rings. The van der Waals surface area contributed by atoms with Crippen molar-refractivity contribution in [1.82, 2.24) is 25.3 Å². The van der Waals surface area contributed by atoms with E-state index in [0.717, 1.165) is 11.1 Å². The Morgan fingerprint density at radius 2 is 1.87 bits per heavy atom. The lowest BCUT2D eigenvalue weighted by atomic mass is 9.99. The van der Waals surface area contributed by atoms with Crippen molar-refractivity contribution < 1.29 is 28.6 Å². The van der Waals surface area contributed by atoms with E-state index >= 15 is 0 Å². The van der Waals surface area contributed by atoms with Gasteiger partial charge in [0.25, 0.3) is 17.7 Å². The molecule has 3 aliphatic heterocycles. The van der Waals surface area contributed by atoms with E-state index in [1.807, 2.05) is 43.3 Å². The van der Waals surface area contributed by atoms with Gasteiger partial charge in [-0.25, -0.2) is 0 Å². The SMILES string of the molecule is CCn1ccc(C(=O)N2CC[C@H]3Oc4ccc(cc4)CNC(=O)COc4cccc(c4)-c4cc(ccc4OC)C(=O)N[C@@H]3C2)n1. The number of aryl methyl sites for hydroxylation is 1. The van der Waals surface area contributed by atoms with Crippen LogP contribution in [0.5, 0.6) is 17.2 Å². The van der Waals surface area contributed by atoms with Crippen molar-refractivity contribution in [2.45, 2.75) is 38.6 Å². The van der Waals surface area contributed by atoms with E-state index in [1.165, 1.54) is 0 Å². The fraction of sp³-hybridized carbons (Fsp3) is 0.294. The number of fused-ring (bicyclic) bond motifs is 7. The summed E-state index contributed by atoms with van der Waals surface area (Å²) in [4.78, 5) is 41.4. The quantitative estimate of drug-likeness (QED) is 0.363. The summed E-state index contributed by atoms with van der Waals surface area (Å²) in [6.45, 7) is 3.51. The van der Waals surface area contributed by atoms with Crippen molar-refractivity contribution in [3.8, 4) is 28.4 Å². The van der Waals surface area contributed by atoms with Gasteiger partial charge in [0.05, 0.1) is 13.2 Å². The van der Waals surface area contributed by atoms with Crippen molar-refractivity contribution in [2.75, 3.05) is 26.8 Å². The Morgan fingerprint density at radius 1 is 1.02 bits per heavy atom. The van der Waals surface area contributed by atoms with Crippen molar-refractivity contribution in [1.29, 1.82) is 0 Å². The molecule has 6 bridgehead atoms. The number of ether oxygens (including phenoxy) is 3. The predicted molar refractivity (Wildman–Crippen MR) is 166 cm³/mol. The Balaban J connectivity index is 1.33. The summed E-state index contributed by atoms with van der Waals surface area (Å²) in [7, 11) is 1.57. The molecule has 232 valence electrons. The average Bonchev–Trinajstić information content (AvgIpc) is 3.56. The van der Waals surface area contributed by atoms with Crippen LogP contribution in [-0.4, -0.2) is 71.4 Å². The Hall–Kier alpha value is -5.32. The monoisotopic (exact) mass is 609 g/mol. The summed E-state index contributed by atoms with van der Waals surface area (Å²) in [5.41, 5.74) is 3.13. The number of nitrogens with one attached hydrogen (secondary N) is 2. The van der Waals surface area contributed by atoms with Gasteiger partial charge in [0, 0.05) is 49.9 Å².